The molecule has 7 nitrogen and oxygen atoms in total. The number of imidazole rings is 1. The number of hydrogen-bond acceptors (Lipinski definition) is 5. The molecule has 1 aliphatic rings. The van der Waals surface area contributed by atoms with Crippen molar-refractivity contribution in [2.24, 2.45) is 5.92 Å². The lowest BCUT2D eigenvalue weighted by atomic mass is 9.89. The third-order valence-electron chi connectivity index (χ3n) is 5.75. The van der Waals surface area contributed by atoms with Crippen LogP contribution in [0.1, 0.15) is 45.2 Å². The van der Waals surface area contributed by atoms with Crippen LogP contribution < -0.4 is 9.64 Å². The molecule has 0 saturated heterocycles. The van der Waals surface area contributed by atoms with Crippen LogP contribution in [0.15, 0.2) is 48.5 Å². The van der Waals surface area contributed by atoms with Gasteiger partial charge in [-0.15, -0.1) is 0 Å². The van der Waals surface area contributed by atoms with Crippen LogP contribution in [-0.4, -0.2) is 41.2 Å². The predicted molar refractivity (Wildman–Crippen MR) is 123 cm³/mol. The first kappa shape index (κ1) is 21.9. The molecule has 2 atom stereocenters. The number of esters is 1. The maximum absolute atomic E-state index is 13.7. The van der Waals surface area contributed by atoms with Gasteiger partial charge in [0, 0.05) is 6.54 Å². The van der Waals surface area contributed by atoms with E-state index in [4.69, 9.17) is 14.5 Å². The molecule has 1 aliphatic heterocycles. The largest absolute Gasteiger partial charge is 0.494 e. The summed E-state index contributed by atoms with van der Waals surface area (Å²) in [6.45, 7) is 7.04. The van der Waals surface area contributed by atoms with E-state index in [1.165, 1.54) is 0 Å². The fourth-order valence-corrected chi connectivity index (χ4v) is 4.30. The van der Waals surface area contributed by atoms with Gasteiger partial charge in [0.15, 0.2) is 5.92 Å². The number of carbonyl (C=O) groups is 2. The Hall–Kier alpha value is -3.35. The number of benzene rings is 2. The molecule has 4 rings (SSSR count). The number of anilines is 1. The first-order valence-corrected chi connectivity index (χ1v) is 11.3. The number of ether oxygens (including phenoxy) is 2. The highest BCUT2D eigenvalue weighted by molar-refractivity contribution is 6.08. The van der Waals surface area contributed by atoms with Gasteiger partial charge in [-0.25, -0.2) is 4.98 Å². The Morgan fingerprint density at radius 2 is 1.78 bits per heavy atom. The molecule has 0 spiro atoms. The zero-order valence-corrected chi connectivity index (χ0v) is 18.8. The maximum Gasteiger partial charge on any atom is 0.321 e. The van der Waals surface area contributed by atoms with E-state index in [0.717, 1.165) is 35.2 Å². The minimum absolute atomic E-state index is 0.213. The number of rotatable bonds is 8. The third kappa shape index (κ3) is 3.83. The minimum Gasteiger partial charge on any atom is -0.494 e. The van der Waals surface area contributed by atoms with Crippen molar-refractivity contribution in [1.82, 2.24) is 9.55 Å². The van der Waals surface area contributed by atoms with E-state index in [1.807, 2.05) is 60.0 Å². The van der Waals surface area contributed by atoms with Crippen molar-refractivity contribution in [2.75, 3.05) is 24.7 Å². The molecule has 3 aromatic rings. The van der Waals surface area contributed by atoms with Gasteiger partial charge in [0.25, 0.3) is 0 Å². The lowest BCUT2D eigenvalue weighted by Gasteiger charge is -2.38. The topological polar surface area (TPSA) is 73.7 Å². The van der Waals surface area contributed by atoms with Gasteiger partial charge in [0.05, 0.1) is 30.3 Å². The molecule has 0 saturated carbocycles. The summed E-state index contributed by atoms with van der Waals surface area (Å²) in [7, 11) is 0. The van der Waals surface area contributed by atoms with E-state index in [1.54, 1.807) is 11.8 Å². The van der Waals surface area contributed by atoms with E-state index in [-0.39, 0.29) is 12.5 Å². The van der Waals surface area contributed by atoms with Crippen LogP contribution in [0.3, 0.4) is 0 Å². The molecular weight excluding hydrogens is 406 g/mol. The number of carbonyl (C=O) groups excluding carboxylic acids is 2. The number of para-hydroxylation sites is 2. The maximum atomic E-state index is 13.7. The Morgan fingerprint density at radius 3 is 2.47 bits per heavy atom. The molecule has 0 N–H and O–H groups in total. The van der Waals surface area contributed by atoms with Gasteiger partial charge in [0.2, 0.25) is 11.9 Å². The smallest absolute Gasteiger partial charge is 0.321 e. The highest BCUT2D eigenvalue weighted by atomic mass is 16.5. The van der Waals surface area contributed by atoms with Gasteiger partial charge in [-0.2, -0.15) is 0 Å². The summed E-state index contributed by atoms with van der Waals surface area (Å²) in [4.78, 5) is 33.2. The van der Waals surface area contributed by atoms with Gasteiger partial charge in [-0.05, 0) is 50.1 Å². The fourth-order valence-electron chi connectivity index (χ4n) is 4.30. The zero-order valence-electron chi connectivity index (χ0n) is 18.8. The van der Waals surface area contributed by atoms with Gasteiger partial charge in [-0.1, -0.05) is 37.6 Å². The average molecular weight is 436 g/mol. The number of fused-ring (bicyclic) bond motifs is 3. The van der Waals surface area contributed by atoms with Crippen LogP contribution in [0.2, 0.25) is 0 Å². The van der Waals surface area contributed by atoms with E-state index >= 15 is 0 Å². The normalized spacial score (nSPS) is 18.0. The van der Waals surface area contributed by atoms with Crippen molar-refractivity contribution in [2.45, 2.75) is 39.7 Å². The highest BCUT2D eigenvalue weighted by Crippen LogP contribution is 2.41. The summed E-state index contributed by atoms with van der Waals surface area (Å²) in [6, 6.07) is 14.8. The van der Waals surface area contributed by atoms with Gasteiger partial charge in [0.1, 0.15) is 5.75 Å². The molecular formula is C25H29N3O4. The molecule has 1 aromatic heterocycles. The monoisotopic (exact) mass is 435 g/mol. The van der Waals surface area contributed by atoms with Crippen LogP contribution in [0.5, 0.6) is 5.75 Å². The van der Waals surface area contributed by atoms with E-state index in [0.29, 0.717) is 19.1 Å². The highest BCUT2D eigenvalue weighted by Gasteiger charge is 2.47. The quantitative estimate of drug-likeness (QED) is 0.388. The molecule has 0 aliphatic carbocycles. The van der Waals surface area contributed by atoms with E-state index in [9.17, 15) is 9.59 Å². The summed E-state index contributed by atoms with van der Waals surface area (Å²) in [5, 5.41) is 0. The van der Waals surface area contributed by atoms with Crippen molar-refractivity contribution in [3.8, 4) is 5.75 Å². The third-order valence-corrected chi connectivity index (χ3v) is 5.75. The average Bonchev–Trinajstić information content (AvgIpc) is 3.18. The molecule has 7 heteroatoms. The number of unbranched alkanes of at least 4 members (excludes halogenated alkanes) is 1. The number of amides is 1. The first-order valence-electron chi connectivity index (χ1n) is 11.3. The Kier molecular flexibility index (Phi) is 6.44. The standard InChI is InChI=1S/C25H29N3O4/c1-4-7-16-27-23(29)21(24(30)32-6-3)22(17-12-14-18(15-13-17)31-5-2)28-20-11-9-8-10-19(20)26-25(27)28/h8-15,21-22H,4-7,16H2,1-3H3/t21-,22+/m1/s1. The molecule has 1 amide bonds. The van der Waals surface area contributed by atoms with Crippen LogP contribution in [-0.2, 0) is 14.3 Å². The van der Waals surface area contributed by atoms with E-state index < -0.39 is 17.9 Å². The summed E-state index contributed by atoms with van der Waals surface area (Å²) >= 11 is 0. The summed E-state index contributed by atoms with van der Waals surface area (Å²) in [5.74, 6) is -0.454. The lowest BCUT2D eigenvalue weighted by molar-refractivity contribution is -0.153. The Bertz CT molecular complexity index is 1110. The molecule has 2 aromatic carbocycles. The molecule has 0 unspecified atom stereocenters. The van der Waals surface area contributed by atoms with Gasteiger partial charge in [-0.3, -0.25) is 14.5 Å². The Balaban J connectivity index is 1.92. The number of nitrogens with zero attached hydrogens (tertiary/aromatic N) is 3. The van der Waals surface area contributed by atoms with E-state index in [2.05, 4.69) is 6.92 Å². The molecule has 0 radical (unpaired) electrons. The predicted octanol–water partition coefficient (Wildman–Crippen LogP) is 4.35. The Morgan fingerprint density at radius 1 is 1.03 bits per heavy atom. The summed E-state index contributed by atoms with van der Waals surface area (Å²) in [6.07, 6.45) is 1.74. The minimum atomic E-state index is -0.991. The van der Waals surface area contributed by atoms with Crippen molar-refractivity contribution in [3.05, 3.63) is 54.1 Å². The second kappa shape index (κ2) is 9.42. The van der Waals surface area contributed by atoms with Crippen molar-refractivity contribution < 1.29 is 19.1 Å². The molecule has 32 heavy (non-hydrogen) atoms. The Labute approximate surface area is 187 Å². The van der Waals surface area contributed by atoms with Crippen LogP contribution in [0.4, 0.5) is 5.95 Å². The molecule has 2 heterocycles. The number of hydrogen-bond donors (Lipinski definition) is 0. The molecule has 0 fully saturated rings. The van der Waals surface area contributed by atoms with Crippen molar-refractivity contribution in [3.63, 3.8) is 0 Å². The molecule has 0 bridgehead atoms. The van der Waals surface area contributed by atoms with Crippen LogP contribution in [0, 0.1) is 5.92 Å². The second-order valence-corrected chi connectivity index (χ2v) is 7.79. The van der Waals surface area contributed by atoms with Crippen molar-refractivity contribution >= 4 is 28.9 Å². The lowest BCUT2D eigenvalue weighted by Crippen LogP contribution is -2.50. The second-order valence-electron chi connectivity index (χ2n) is 7.79. The first-order chi connectivity index (χ1) is 15.6. The summed E-state index contributed by atoms with van der Waals surface area (Å²) in [5.41, 5.74) is 2.50. The van der Waals surface area contributed by atoms with Crippen LogP contribution in [0.25, 0.3) is 11.0 Å². The molecule has 168 valence electrons. The summed E-state index contributed by atoms with van der Waals surface area (Å²) < 4.78 is 13.0. The zero-order chi connectivity index (χ0) is 22.7. The van der Waals surface area contributed by atoms with Gasteiger partial charge >= 0.3 is 5.97 Å². The SMILES string of the molecule is CCCCN1C(=O)[C@H](C(=O)OCC)[C@H](c2ccc(OCC)cc2)n2c1nc1ccccc12. The van der Waals surface area contributed by atoms with Crippen molar-refractivity contribution in [1.29, 1.82) is 0 Å². The fraction of sp³-hybridized carbons (Fsp3) is 0.400. The number of aromatic nitrogens is 2. The van der Waals surface area contributed by atoms with Gasteiger partial charge < -0.3 is 14.0 Å². The van der Waals surface area contributed by atoms with Crippen LogP contribution >= 0.6 is 0 Å².